The molecule has 0 spiro atoms. The van der Waals surface area contributed by atoms with Gasteiger partial charge >= 0.3 is 0 Å². The summed E-state index contributed by atoms with van der Waals surface area (Å²) < 4.78 is 11.8. The lowest BCUT2D eigenvalue weighted by Crippen LogP contribution is -2.20. The zero-order chi connectivity index (χ0) is 27.0. The van der Waals surface area contributed by atoms with E-state index in [9.17, 15) is 4.79 Å². The zero-order valence-corrected chi connectivity index (χ0v) is 26.7. The second-order valence-corrected chi connectivity index (χ2v) is 11.5. The van der Waals surface area contributed by atoms with Crippen LogP contribution >= 0.6 is 40.3 Å². The Morgan fingerprint density at radius 3 is 2.36 bits per heavy atom. The third kappa shape index (κ3) is 13.4. The summed E-state index contributed by atoms with van der Waals surface area (Å²) in [5.74, 6) is 1.85. The fourth-order valence-electron chi connectivity index (χ4n) is 4.42. The highest BCUT2D eigenvalue weighted by Gasteiger charge is 2.12. The molecule has 0 fully saturated rings. The predicted molar refractivity (Wildman–Crippen MR) is 171 cm³/mol. The molecule has 0 aliphatic carbocycles. The van der Waals surface area contributed by atoms with E-state index in [1.807, 2.05) is 30.0 Å². The minimum absolute atomic E-state index is 0. The van der Waals surface area contributed by atoms with Gasteiger partial charge in [0.2, 0.25) is 0 Å². The fourth-order valence-corrected chi connectivity index (χ4v) is 5.34. The third-order valence-electron chi connectivity index (χ3n) is 6.44. The largest absolute Gasteiger partial charge is 0.490 e. The third-order valence-corrected chi connectivity index (χ3v) is 7.70. The zero-order valence-electron chi connectivity index (χ0n) is 23.4. The van der Waals surface area contributed by atoms with E-state index in [1.165, 1.54) is 56.3 Å². The van der Waals surface area contributed by atoms with Crippen LogP contribution in [0.3, 0.4) is 0 Å². The van der Waals surface area contributed by atoms with Gasteiger partial charge in [0, 0.05) is 29.5 Å². The Morgan fingerprint density at radius 2 is 1.67 bits per heavy atom. The van der Waals surface area contributed by atoms with Gasteiger partial charge in [0.25, 0.3) is 5.91 Å². The Morgan fingerprint density at radius 1 is 0.949 bits per heavy atom. The van der Waals surface area contributed by atoms with Crippen molar-refractivity contribution in [2.24, 2.45) is 0 Å². The summed E-state index contributed by atoms with van der Waals surface area (Å²) in [6, 6.07) is 13.2. The summed E-state index contributed by atoms with van der Waals surface area (Å²) >= 11 is 8.03. The van der Waals surface area contributed by atoms with Crippen LogP contribution in [0.4, 0.5) is 5.69 Å². The number of benzene rings is 2. The van der Waals surface area contributed by atoms with Crippen molar-refractivity contribution in [3.63, 3.8) is 0 Å². The average molecular weight is 640 g/mol. The van der Waals surface area contributed by atoms with Crippen LogP contribution in [0.15, 0.2) is 53.6 Å². The van der Waals surface area contributed by atoms with Gasteiger partial charge in [-0.25, -0.2) is 0 Å². The number of rotatable bonds is 18. The van der Waals surface area contributed by atoms with Crippen molar-refractivity contribution in [2.75, 3.05) is 24.4 Å². The Bertz CT molecular complexity index is 1040. The number of allylic oxidation sites excluding steroid dienone is 1. The van der Waals surface area contributed by atoms with Crippen LogP contribution in [0.25, 0.3) is 0 Å². The number of thioether (sulfide) groups is 1. The molecule has 0 aromatic heterocycles. The molecule has 1 N–H and O–H groups in total. The molecule has 0 saturated heterocycles. The van der Waals surface area contributed by atoms with Gasteiger partial charge in [-0.05, 0) is 48.1 Å². The van der Waals surface area contributed by atoms with Crippen molar-refractivity contribution < 1.29 is 14.3 Å². The normalized spacial score (nSPS) is 12.6. The topological polar surface area (TPSA) is 50.8 Å². The average Bonchev–Trinajstić information content (AvgIpc) is 3.31. The Kier molecular flexibility index (Phi) is 16.5. The minimum atomic E-state index is -0.217. The molecule has 0 saturated carbocycles. The number of hydrogen-bond acceptors (Lipinski definition) is 5. The Labute approximate surface area is 254 Å². The number of nitrogens with one attached hydrogen (secondary N) is 1. The van der Waals surface area contributed by atoms with E-state index in [4.69, 9.17) is 21.1 Å². The highest BCUT2D eigenvalue weighted by molar-refractivity contribution is 8.93. The first-order chi connectivity index (χ1) is 18.5. The monoisotopic (exact) mass is 638 g/mol. The number of amides is 1. The van der Waals surface area contributed by atoms with Crippen molar-refractivity contribution >= 4 is 51.9 Å². The molecule has 216 valence electrons. The van der Waals surface area contributed by atoms with Crippen LogP contribution < -0.4 is 14.8 Å². The van der Waals surface area contributed by atoms with E-state index < -0.39 is 0 Å². The van der Waals surface area contributed by atoms with Gasteiger partial charge in [0.1, 0.15) is 0 Å². The molecule has 1 heterocycles. The number of hydrogen-bond donors (Lipinski definition) is 1. The lowest BCUT2D eigenvalue weighted by atomic mass is 10.1. The van der Waals surface area contributed by atoms with Crippen LogP contribution in [0.5, 0.6) is 11.5 Å². The summed E-state index contributed by atoms with van der Waals surface area (Å²) in [5, 5.41) is 3.52. The number of carbonyl (C=O) groups excluding carboxylic acids is 1. The van der Waals surface area contributed by atoms with E-state index in [-0.39, 0.29) is 29.5 Å². The molecule has 0 unspecified atom stereocenters. The number of nitrogens with zero attached hydrogens (tertiary/aromatic N) is 1. The smallest absolute Gasteiger partial charge is 0.262 e. The first-order valence-electron chi connectivity index (χ1n) is 14.0. The maximum absolute atomic E-state index is 12.6. The summed E-state index contributed by atoms with van der Waals surface area (Å²) in [7, 11) is 0. The second-order valence-electron chi connectivity index (χ2n) is 9.92. The quantitative estimate of drug-likeness (QED) is 0.165. The first-order valence-corrected chi connectivity index (χ1v) is 15.4. The van der Waals surface area contributed by atoms with Crippen molar-refractivity contribution in [1.29, 1.82) is 0 Å². The summed E-state index contributed by atoms with van der Waals surface area (Å²) in [6.07, 6.45) is 14.9. The fraction of sp³-hybridized carbons (Fsp3) is 0.516. The highest BCUT2D eigenvalue weighted by atomic mass is 79.9. The van der Waals surface area contributed by atoms with Gasteiger partial charge in [-0.3, -0.25) is 4.79 Å². The van der Waals surface area contributed by atoms with Crippen LogP contribution in [0.1, 0.15) is 83.6 Å². The maximum Gasteiger partial charge on any atom is 0.262 e. The molecule has 5 nitrogen and oxygen atoms in total. The van der Waals surface area contributed by atoms with Gasteiger partial charge in [0.05, 0.1) is 12.5 Å². The molecule has 1 amide bonds. The molecule has 2 aromatic rings. The lowest BCUT2D eigenvalue weighted by Gasteiger charge is -2.16. The lowest BCUT2D eigenvalue weighted by molar-refractivity contribution is -0.118. The molecule has 0 radical (unpaired) electrons. The molecule has 0 atom stereocenters. The maximum atomic E-state index is 12.6. The van der Waals surface area contributed by atoms with Crippen molar-refractivity contribution in [2.45, 2.75) is 84.6 Å². The number of carbonyl (C=O) groups is 1. The van der Waals surface area contributed by atoms with E-state index >= 15 is 0 Å². The molecule has 1 aliphatic heterocycles. The van der Waals surface area contributed by atoms with Crippen LogP contribution in [0, 0.1) is 0 Å². The molecule has 2 aromatic carbocycles. The molecule has 0 bridgehead atoms. The number of ether oxygens (including phenoxy) is 2. The number of anilines is 1. The second kappa shape index (κ2) is 19.3. The van der Waals surface area contributed by atoms with Crippen molar-refractivity contribution in [3.05, 3.63) is 64.2 Å². The van der Waals surface area contributed by atoms with E-state index in [0.29, 0.717) is 23.1 Å². The highest BCUT2D eigenvalue weighted by Crippen LogP contribution is 2.31. The van der Waals surface area contributed by atoms with Crippen molar-refractivity contribution in [1.82, 2.24) is 4.90 Å². The summed E-state index contributed by atoms with van der Waals surface area (Å²) in [4.78, 5) is 16.2. The predicted octanol–water partition coefficient (Wildman–Crippen LogP) is 9.60. The van der Waals surface area contributed by atoms with Gasteiger partial charge in [0.15, 0.2) is 18.1 Å². The van der Waals surface area contributed by atoms with Gasteiger partial charge in [-0.15, -0.1) is 28.7 Å². The molecule has 39 heavy (non-hydrogen) atoms. The van der Waals surface area contributed by atoms with E-state index in [2.05, 4.69) is 36.3 Å². The summed E-state index contributed by atoms with van der Waals surface area (Å²) in [5.41, 5.74) is 1.91. The van der Waals surface area contributed by atoms with Gasteiger partial charge in [-0.1, -0.05) is 88.4 Å². The van der Waals surface area contributed by atoms with E-state index in [0.717, 1.165) is 36.5 Å². The van der Waals surface area contributed by atoms with Crippen molar-refractivity contribution in [3.8, 4) is 11.5 Å². The Hall–Kier alpha value is -1.83. The molecular weight excluding hydrogens is 596 g/mol. The molecular formula is C31H44BrClN2O3S. The summed E-state index contributed by atoms with van der Waals surface area (Å²) in [6.45, 7) is 5.69. The standard InChI is InChI=1S/C31H43ClN2O3S.BrH/c1-3-4-5-6-7-8-9-10-11-12-18-36-30-20-27(32)16-17-29(30)37-23-31(35)33-28-15-13-14-26(19-28)22-34-21-25(2)38-24-34;/h13-17,19-21H,3-12,18,22-24H2,1-2H3,(H,33,35);1H. The Balaban J connectivity index is 0.00000533. The van der Waals surface area contributed by atoms with Crippen LogP contribution in [0.2, 0.25) is 5.02 Å². The molecule has 3 rings (SSSR count). The molecule has 1 aliphatic rings. The number of unbranched alkanes of at least 4 members (excludes halogenated alkanes) is 9. The first kappa shape index (κ1) is 33.4. The van der Waals surface area contributed by atoms with Gasteiger partial charge in [-0.2, -0.15) is 0 Å². The van der Waals surface area contributed by atoms with Crippen LogP contribution in [-0.4, -0.2) is 29.9 Å². The number of halogens is 2. The van der Waals surface area contributed by atoms with Gasteiger partial charge < -0.3 is 19.7 Å². The van der Waals surface area contributed by atoms with Crippen LogP contribution in [-0.2, 0) is 11.3 Å². The van der Waals surface area contributed by atoms with E-state index in [1.54, 1.807) is 18.2 Å². The SMILES string of the molecule is Br.CCCCCCCCCCCCOc1cc(Cl)ccc1OCC(=O)Nc1cccc(CN2C=C(C)SC2)c1. The molecule has 8 heteroatoms. The minimum Gasteiger partial charge on any atom is -0.490 e.